The average molecular weight is 623 g/mol. The molecule has 0 amide bonds. The first-order valence-electron chi connectivity index (χ1n) is 16.5. The largest absolute Gasteiger partial charge is 0.457 e. The van der Waals surface area contributed by atoms with E-state index in [0.717, 1.165) is 23.0 Å². The molecule has 4 nitrogen and oxygen atoms in total. The van der Waals surface area contributed by atoms with Crippen molar-refractivity contribution in [1.82, 2.24) is 9.97 Å². The van der Waals surface area contributed by atoms with Gasteiger partial charge in [0.2, 0.25) is 0 Å². The normalized spacial score (nSPS) is 13.4. The van der Waals surface area contributed by atoms with E-state index in [9.17, 15) is 0 Å². The number of aromatic amines is 2. The number of para-hydroxylation sites is 6. The number of hydrogen-bond acceptors (Lipinski definition) is 2. The Morgan fingerprint density at radius 1 is 0.375 bits per heavy atom. The number of aryl methyl sites for hydroxylation is 2. The zero-order valence-electron chi connectivity index (χ0n) is 26.8. The molecule has 0 unspecified atom stereocenters. The molecule has 2 N–H and O–H groups in total. The van der Waals surface area contributed by atoms with E-state index in [-0.39, 0.29) is 11.8 Å². The molecule has 4 heterocycles. The van der Waals surface area contributed by atoms with E-state index < -0.39 is 0 Å². The van der Waals surface area contributed by atoms with E-state index in [4.69, 9.17) is 9.47 Å². The summed E-state index contributed by atoms with van der Waals surface area (Å²) >= 11 is 0. The number of hydrogen-bond donors (Lipinski definition) is 2. The predicted molar refractivity (Wildman–Crippen MR) is 194 cm³/mol. The zero-order valence-corrected chi connectivity index (χ0v) is 26.8. The minimum atomic E-state index is 0.183. The van der Waals surface area contributed by atoms with Gasteiger partial charge in [-0.3, -0.25) is 0 Å². The van der Waals surface area contributed by atoms with Crippen LogP contribution in [0.1, 0.15) is 56.6 Å². The van der Waals surface area contributed by atoms with Crippen molar-refractivity contribution >= 4 is 21.8 Å². The van der Waals surface area contributed by atoms with Gasteiger partial charge in [-0.1, -0.05) is 109 Å². The van der Waals surface area contributed by atoms with Gasteiger partial charge in [-0.2, -0.15) is 0 Å². The van der Waals surface area contributed by atoms with Crippen LogP contribution in [-0.4, -0.2) is 9.97 Å². The van der Waals surface area contributed by atoms with Crippen LogP contribution in [0.3, 0.4) is 0 Å². The highest BCUT2D eigenvalue weighted by Crippen LogP contribution is 2.50. The van der Waals surface area contributed by atoms with Crippen molar-refractivity contribution in [2.75, 3.05) is 0 Å². The Morgan fingerprint density at radius 2 is 0.667 bits per heavy atom. The number of aromatic nitrogens is 2. The smallest absolute Gasteiger partial charge is 0.131 e. The van der Waals surface area contributed by atoms with Crippen LogP contribution in [0, 0.1) is 13.8 Å². The summed E-state index contributed by atoms with van der Waals surface area (Å²) in [6.07, 6.45) is 0. The lowest BCUT2D eigenvalue weighted by atomic mass is 9.81. The standard InChI is InChI=1S/2C22H17NO/c2*1-14-21(15-8-2-5-11-18(15)23-14)22-16-9-3-6-12-19(16)24-20-13-7-4-10-17(20)22/h2*2-13,22-23H,1H3. The second-order valence-electron chi connectivity index (χ2n) is 12.6. The monoisotopic (exact) mass is 622 g/mol. The molecule has 0 bridgehead atoms. The van der Waals surface area contributed by atoms with Crippen LogP contribution in [0.25, 0.3) is 21.8 Å². The van der Waals surface area contributed by atoms with Crippen molar-refractivity contribution in [2.45, 2.75) is 25.7 Å². The summed E-state index contributed by atoms with van der Waals surface area (Å²) in [5, 5.41) is 2.57. The summed E-state index contributed by atoms with van der Waals surface area (Å²) in [5.74, 6) is 4.16. The molecule has 0 saturated carbocycles. The minimum Gasteiger partial charge on any atom is -0.457 e. The molecule has 48 heavy (non-hydrogen) atoms. The number of benzene rings is 6. The maximum atomic E-state index is 6.15. The Bertz CT molecular complexity index is 2200. The molecule has 2 aromatic heterocycles. The second-order valence-corrected chi connectivity index (χ2v) is 12.6. The third-order valence-electron chi connectivity index (χ3n) is 9.82. The highest BCUT2D eigenvalue weighted by Gasteiger charge is 2.32. The summed E-state index contributed by atoms with van der Waals surface area (Å²) in [4.78, 5) is 7.09. The quantitative estimate of drug-likeness (QED) is 0.201. The SMILES string of the molecule is Cc1[nH]c2ccccc2c1C1c2ccccc2Oc2ccccc21.Cc1[nH]c2ccccc2c1C1c2ccccc2Oc2ccccc21. The maximum Gasteiger partial charge on any atom is 0.131 e. The maximum absolute atomic E-state index is 6.15. The molecule has 10 rings (SSSR count). The molecule has 2 aliphatic rings. The molecular formula is C44H34N2O2. The molecule has 0 fully saturated rings. The summed E-state index contributed by atoms with van der Waals surface area (Å²) in [6.45, 7) is 4.33. The fourth-order valence-electron chi connectivity index (χ4n) is 7.78. The summed E-state index contributed by atoms with van der Waals surface area (Å²) in [6, 6.07) is 50.5. The van der Waals surface area contributed by atoms with Crippen LogP contribution < -0.4 is 9.47 Å². The molecule has 0 aliphatic carbocycles. The summed E-state index contributed by atoms with van der Waals surface area (Å²) in [5.41, 5.74) is 12.4. The Kier molecular flexibility index (Phi) is 6.68. The van der Waals surface area contributed by atoms with E-state index in [1.54, 1.807) is 0 Å². The first-order chi connectivity index (χ1) is 23.7. The molecule has 2 aliphatic heterocycles. The molecule has 0 spiro atoms. The van der Waals surface area contributed by atoms with Crippen molar-refractivity contribution < 1.29 is 9.47 Å². The van der Waals surface area contributed by atoms with Crippen LogP contribution >= 0.6 is 0 Å². The van der Waals surface area contributed by atoms with Gasteiger partial charge in [0.15, 0.2) is 0 Å². The van der Waals surface area contributed by atoms with Crippen LogP contribution in [0.2, 0.25) is 0 Å². The van der Waals surface area contributed by atoms with Crippen molar-refractivity contribution in [2.24, 2.45) is 0 Å². The Labute approximate surface area is 279 Å². The van der Waals surface area contributed by atoms with Crippen LogP contribution in [0.15, 0.2) is 146 Å². The van der Waals surface area contributed by atoms with Gasteiger partial charge in [-0.05, 0) is 61.4 Å². The van der Waals surface area contributed by atoms with Gasteiger partial charge in [0.25, 0.3) is 0 Å². The Hall–Kier alpha value is -6.00. The Morgan fingerprint density at radius 3 is 1.02 bits per heavy atom. The van der Waals surface area contributed by atoms with Crippen LogP contribution in [0.5, 0.6) is 23.0 Å². The molecular weight excluding hydrogens is 588 g/mol. The predicted octanol–water partition coefficient (Wildman–Crippen LogP) is 11.5. The van der Waals surface area contributed by atoms with E-state index in [0.29, 0.717) is 0 Å². The van der Waals surface area contributed by atoms with Gasteiger partial charge in [0, 0.05) is 67.3 Å². The fraction of sp³-hybridized carbons (Fsp3) is 0.0909. The molecule has 0 atom stereocenters. The average Bonchev–Trinajstić information content (AvgIpc) is 3.64. The lowest BCUT2D eigenvalue weighted by Gasteiger charge is -2.28. The number of ether oxygens (including phenoxy) is 2. The summed E-state index contributed by atoms with van der Waals surface area (Å²) < 4.78 is 12.3. The van der Waals surface area contributed by atoms with Crippen molar-refractivity contribution in [3.8, 4) is 23.0 Å². The highest BCUT2D eigenvalue weighted by molar-refractivity contribution is 5.88. The molecule has 4 heteroatoms. The summed E-state index contributed by atoms with van der Waals surface area (Å²) in [7, 11) is 0. The minimum absolute atomic E-state index is 0.183. The van der Waals surface area contributed by atoms with E-state index in [1.165, 1.54) is 66.6 Å². The second kappa shape index (κ2) is 11.4. The Balaban J connectivity index is 0.000000131. The van der Waals surface area contributed by atoms with Crippen molar-refractivity contribution in [3.63, 3.8) is 0 Å². The molecule has 0 saturated heterocycles. The van der Waals surface area contributed by atoms with Crippen LogP contribution in [-0.2, 0) is 0 Å². The van der Waals surface area contributed by atoms with E-state index in [1.807, 2.05) is 24.3 Å². The molecule has 0 radical (unpaired) electrons. The molecule has 8 aromatic rings. The lowest BCUT2D eigenvalue weighted by molar-refractivity contribution is 0.453. The van der Waals surface area contributed by atoms with Gasteiger partial charge < -0.3 is 19.4 Å². The fourth-order valence-corrected chi connectivity index (χ4v) is 7.78. The number of fused-ring (bicyclic) bond motifs is 6. The molecule has 6 aromatic carbocycles. The lowest BCUT2D eigenvalue weighted by Crippen LogP contribution is -2.12. The van der Waals surface area contributed by atoms with Crippen molar-refractivity contribution in [1.29, 1.82) is 0 Å². The van der Waals surface area contributed by atoms with E-state index in [2.05, 4.69) is 145 Å². The van der Waals surface area contributed by atoms with Gasteiger partial charge >= 0.3 is 0 Å². The van der Waals surface area contributed by atoms with Gasteiger partial charge in [-0.25, -0.2) is 0 Å². The van der Waals surface area contributed by atoms with Crippen LogP contribution in [0.4, 0.5) is 0 Å². The third-order valence-corrected chi connectivity index (χ3v) is 9.82. The van der Waals surface area contributed by atoms with Gasteiger partial charge in [0.05, 0.1) is 0 Å². The number of rotatable bonds is 2. The van der Waals surface area contributed by atoms with Crippen molar-refractivity contribution in [3.05, 3.63) is 190 Å². The van der Waals surface area contributed by atoms with E-state index >= 15 is 0 Å². The number of nitrogens with one attached hydrogen (secondary N) is 2. The van der Waals surface area contributed by atoms with Gasteiger partial charge in [0.1, 0.15) is 23.0 Å². The first kappa shape index (κ1) is 28.2. The number of H-pyrrole nitrogens is 2. The third kappa shape index (κ3) is 4.52. The zero-order chi connectivity index (χ0) is 32.2. The first-order valence-corrected chi connectivity index (χ1v) is 16.5. The topological polar surface area (TPSA) is 50.0 Å². The molecule has 232 valence electrons. The highest BCUT2D eigenvalue weighted by atomic mass is 16.5. The van der Waals surface area contributed by atoms with Gasteiger partial charge in [-0.15, -0.1) is 0 Å².